The molecule has 1 aromatic carbocycles. The van der Waals surface area contributed by atoms with Crippen LogP contribution in [0.3, 0.4) is 0 Å². The quantitative estimate of drug-likeness (QED) is 0.666. The lowest BCUT2D eigenvalue weighted by Gasteiger charge is -2.26. The fourth-order valence-electron chi connectivity index (χ4n) is 2.75. The number of rotatable bonds is 3. The van der Waals surface area contributed by atoms with Crippen LogP contribution >= 0.6 is 0 Å². The molecule has 3 rings (SSSR count). The summed E-state index contributed by atoms with van der Waals surface area (Å²) in [4.78, 5) is 13.8. The molecule has 9 heteroatoms. The van der Waals surface area contributed by atoms with Crippen LogP contribution in [-0.4, -0.2) is 32.1 Å². The predicted octanol–water partition coefficient (Wildman–Crippen LogP) is 2.07. The largest absolute Gasteiger partial charge is 0.402 e. The number of aromatic nitrogens is 3. The number of benzene rings is 1. The third-order valence-corrected chi connectivity index (χ3v) is 4.02. The van der Waals surface area contributed by atoms with Crippen molar-refractivity contribution in [3.63, 3.8) is 0 Å². The second-order valence-electron chi connectivity index (χ2n) is 5.83. The molecule has 0 atom stereocenters. The van der Waals surface area contributed by atoms with Crippen LogP contribution < -0.4 is 5.73 Å². The Hall–Kier alpha value is -2.84. The van der Waals surface area contributed by atoms with Crippen LogP contribution in [0.1, 0.15) is 24.6 Å². The van der Waals surface area contributed by atoms with Crippen molar-refractivity contribution in [2.75, 3.05) is 6.54 Å². The smallest absolute Gasteiger partial charge is 0.248 e. The van der Waals surface area contributed by atoms with Gasteiger partial charge >= 0.3 is 0 Å². The van der Waals surface area contributed by atoms with E-state index in [-0.39, 0.29) is 37.6 Å². The van der Waals surface area contributed by atoms with E-state index in [0.717, 1.165) is 18.0 Å². The van der Waals surface area contributed by atoms with Gasteiger partial charge in [-0.1, -0.05) is 7.43 Å². The fourth-order valence-corrected chi connectivity index (χ4v) is 2.75. The first-order valence-electron chi connectivity index (χ1n) is 7.62. The van der Waals surface area contributed by atoms with Crippen LogP contribution in [-0.2, 0) is 24.3 Å². The Morgan fingerprint density at radius 1 is 1.27 bits per heavy atom. The fraction of sp³-hybridized carbons (Fsp3) is 0.353. The van der Waals surface area contributed by atoms with Crippen LogP contribution in [0.25, 0.3) is 0 Å². The molecule has 0 unspecified atom stereocenters. The van der Waals surface area contributed by atoms with Gasteiger partial charge in [0.15, 0.2) is 17.5 Å². The van der Waals surface area contributed by atoms with E-state index in [1.54, 1.807) is 0 Å². The highest BCUT2D eigenvalue weighted by Crippen LogP contribution is 2.17. The number of carbonyl (C=O) groups is 1. The summed E-state index contributed by atoms with van der Waals surface area (Å²) in [7, 11) is 0. The van der Waals surface area contributed by atoms with E-state index in [1.165, 1.54) is 4.90 Å². The van der Waals surface area contributed by atoms with Gasteiger partial charge < -0.3 is 15.2 Å². The third-order valence-electron chi connectivity index (χ3n) is 4.02. The second-order valence-corrected chi connectivity index (χ2v) is 5.83. The molecule has 0 aliphatic carbocycles. The minimum absolute atomic E-state index is 0. The predicted molar refractivity (Wildman–Crippen MR) is 89.2 cm³/mol. The number of carbonyl (C=O) groups excluding carboxylic acids is 1. The standard InChI is InChI=1S/C16H16F3N5O.CH4/c1-9-21-22-14-8-23(2-3-24(9)14)15(25)7-12(20)5-10-4-11(17)6-13(18)16(10)19;/h4,6-7H,2-3,5,8,20H2,1H3;1H4/b12-7-;. The van der Waals surface area contributed by atoms with Crippen LogP contribution in [0, 0.1) is 24.4 Å². The molecule has 0 bridgehead atoms. The molecule has 1 aliphatic heterocycles. The van der Waals surface area contributed by atoms with Crippen molar-refractivity contribution < 1.29 is 18.0 Å². The van der Waals surface area contributed by atoms with Gasteiger partial charge in [0.1, 0.15) is 11.6 Å². The van der Waals surface area contributed by atoms with E-state index in [4.69, 9.17) is 5.73 Å². The molecular weight excluding hydrogens is 347 g/mol. The lowest BCUT2D eigenvalue weighted by Crippen LogP contribution is -2.38. The van der Waals surface area contributed by atoms with Gasteiger partial charge in [-0.15, -0.1) is 10.2 Å². The van der Waals surface area contributed by atoms with Crippen molar-refractivity contribution in [3.8, 4) is 0 Å². The Morgan fingerprint density at radius 2 is 2.00 bits per heavy atom. The molecule has 2 aromatic rings. The minimum atomic E-state index is -1.29. The minimum Gasteiger partial charge on any atom is -0.402 e. The van der Waals surface area contributed by atoms with Crippen LogP contribution in [0.4, 0.5) is 13.2 Å². The van der Waals surface area contributed by atoms with Gasteiger partial charge in [-0.25, -0.2) is 13.2 Å². The van der Waals surface area contributed by atoms with Crippen molar-refractivity contribution in [1.82, 2.24) is 19.7 Å². The van der Waals surface area contributed by atoms with Crippen molar-refractivity contribution in [2.45, 2.75) is 33.9 Å². The number of amides is 1. The molecule has 2 N–H and O–H groups in total. The number of allylic oxidation sites excluding steroid dienone is 1. The molecule has 0 saturated carbocycles. The van der Waals surface area contributed by atoms with E-state index < -0.39 is 17.5 Å². The van der Waals surface area contributed by atoms with Crippen molar-refractivity contribution in [2.24, 2.45) is 5.73 Å². The number of fused-ring (bicyclic) bond motifs is 1. The number of aryl methyl sites for hydroxylation is 1. The highest BCUT2D eigenvalue weighted by Gasteiger charge is 2.22. The number of hydrogen-bond donors (Lipinski definition) is 1. The number of hydrogen-bond acceptors (Lipinski definition) is 4. The molecule has 2 heterocycles. The molecule has 0 saturated heterocycles. The maximum Gasteiger partial charge on any atom is 0.248 e. The van der Waals surface area contributed by atoms with Gasteiger partial charge in [-0.05, 0) is 18.6 Å². The van der Waals surface area contributed by atoms with E-state index in [1.807, 2.05) is 11.5 Å². The van der Waals surface area contributed by atoms with Crippen molar-refractivity contribution >= 4 is 5.91 Å². The normalized spacial score (nSPS) is 14.0. The highest BCUT2D eigenvalue weighted by molar-refractivity contribution is 5.88. The molecule has 0 radical (unpaired) electrons. The number of nitrogens with zero attached hydrogens (tertiary/aromatic N) is 4. The maximum absolute atomic E-state index is 13.7. The Bertz CT molecular complexity index is 862. The molecule has 0 fully saturated rings. The van der Waals surface area contributed by atoms with Crippen molar-refractivity contribution in [3.05, 3.63) is 58.6 Å². The highest BCUT2D eigenvalue weighted by atomic mass is 19.2. The Morgan fingerprint density at radius 3 is 2.73 bits per heavy atom. The van der Waals surface area contributed by atoms with E-state index in [0.29, 0.717) is 25.0 Å². The Labute approximate surface area is 149 Å². The maximum atomic E-state index is 13.7. The third kappa shape index (κ3) is 3.87. The monoisotopic (exact) mass is 367 g/mol. The summed E-state index contributed by atoms with van der Waals surface area (Å²) >= 11 is 0. The molecule has 1 aromatic heterocycles. The Balaban J connectivity index is 0.00000243. The zero-order valence-corrected chi connectivity index (χ0v) is 13.5. The van der Waals surface area contributed by atoms with Gasteiger partial charge in [0, 0.05) is 37.3 Å². The lowest BCUT2D eigenvalue weighted by molar-refractivity contribution is -0.127. The second kappa shape index (κ2) is 7.59. The van der Waals surface area contributed by atoms with Gasteiger partial charge in [0.2, 0.25) is 5.91 Å². The summed E-state index contributed by atoms with van der Waals surface area (Å²) in [5, 5.41) is 7.96. The summed E-state index contributed by atoms with van der Waals surface area (Å²) in [5.41, 5.74) is 5.52. The SMILES string of the molecule is C.Cc1nnc2n1CCN(C(=O)/C=C(\N)Cc1cc(F)cc(F)c1F)C2. The molecule has 1 amide bonds. The zero-order valence-electron chi connectivity index (χ0n) is 13.5. The molecular formula is C17H20F3N5O. The summed E-state index contributed by atoms with van der Waals surface area (Å²) in [6, 6.07) is 1.31. The molecule has 26 heavy (non-hydrogen) atoms. The Kier molecular flexibility index (Phi) is 5.69. The van der Waals surface area contributed by atoms with Gasteiger partial charge in [0.05, 0.1) is 6.54 Å². The molecule has 140 valence electrons. The average Bonchev–Trinajstić information content (AvgIpc) is 2.92. The first kappa shape index (κ1) is 19.5. The van der Waals surface area contributed by atoms with E-state index >= 15 is 0 Å². The van der Waals surface area contributed by atoms with Gasteiger partial charge in [-0.3, -0.25) is 4.79 Å². The summed E-state index contributed by atoms with van der Waals surface area (Å²) in [6.07, 6.45) is 0.872. The number of nitrogens with two attached hydrogens (primary N) is 1. The van der Waals surface area contributed by atoms with E-state index in [9.17, 15) is 18.0 Å². The summed E-state index contributed by atoms with van der Waals surface area (Å²) in [5.74, 6) is -2.30. The summed E-state index contributed by atoms with van der Waals surface area (Å²) < 4.78 is 42.0. The number of halogens is 3. The topological polar surface area (TPSA) is 77.0 Å². The van der Waals surface area contributed by atoms with E-state index in [2.05, 4.69) is 10.2 Å². The van der Waals surface area contributed by atoms with Crippen LogP contribution in [0.2, 0.25) is 0 Å². The zero-order chi connectivity index (χ0) is 18.1. The lowest BCUT2D eigenvalue weighted by atomic mass is 10.1. The van der Waals surface area contributed by atoms with Crippen LogP contribution in [0.15, 0.2) is 23.9 Å². The van der Waals surface area contributed by atoms with Crippen molar-refractivity contribution in [1.29, 1.82) is 0 Å². The van der Waals surface area contributed by atoms with Gasteiger partial charge in [-0.2, -0.15) is 0 Å². The van der Waals surface area contributed by atoms with Crippen LogP contribution in [0.5, 0.6) is 0 Å². The first-order chi connectivity index (χ1) is 11.8. The molecule has 0 spiro atoms. The molecule has 6 nitrogen and oxygen atoms in total. The first-order valence-corrected chi connectivity index (χ1v) is 7.62. The summed E-state index contributed by atoms with van der Waals surface area (Å²) in [6.45, 7) is 3.14. The average molecular weight is 367 g/mol. The molecule has 1 aliphatic rings. The van der Waals surface area contributed by atoms with Gasteiger partial charge in [0.25, 0.3) is 0 Å².